The molecule has 1 aliphatic heterocycles. The standard InChI is InChI=1S/C18H22ClN3O2S2/c1-2-24-15-9-14(19)10-16(11-15)26-22-6-3-13(4-7-22)18(23)21-12-17-20-5-8-25-17/h5,8-11,13H,2-4,6-7,12H2,1H3,(H,21,23). The van der Waals surface area contributed by atoms with Gasteiger partial charge in [-0.15, -0.1) is 11.3 Å². The van der Waals surface area contributed by atoms with Gasteiger partial charge < -0.3 is 10.1 Å². The fourth-order valence-corrected chi connectivity index (χ4v) is 4.73. The van der Waals surface area contributed by atoms with Crippen LogP contribution in [0.25, 0.3) is 0 Å². The second-order valence-electron chi connectivity index (χ2n) is 5.99. The molecule has 1 fully saturated rings. The average Bonchev–Trinajstić information content (AvgIpc) is 3.14. The number of hydrogen-bond acceptors (Lipinski definition) is 6. The number of rotatable bonds is 7. The number of ether oxygens (including phenoxy) is 1. The first-order valence-electron chi connectivity index (χ1n) is 8.66. The van der Waals surface area contributed by atoms with Crippen LogP contribution in [0, 0.1) is 5.92 Å². The Balaban J connectivity index is 1.47. The van der Waals surface area contributed by atoms with Crippen molar-refractivity contribution in [3.8, 4) is 5.75 Å². The molecular formula is C18H22ClN3O2S2. The molecule has 0 radical (unpaired) electrons. The van der Waals surface area contributed by atoms with Crippen molar-refractivity contribution in [3.63, 3.8) is 0 Å². The molecule has 0 spiro atoms. The van der Waals surface area contributed by atoms with Crippen LogP contribution in [0.3, 0.4) is 0 Å². The quantitative estimate of drug-likeness (QED) is 0.691. The lowest BCUT2D eigenvalue weighted by Crippen LogP contribution is -2.37. The second-order valence-corrected chi connectivity index (χ2v) is 8.58. The summed E-state index contributed by atoms with van der Waals surface area (Å²) >= 11 is 9.41. The van der Waals surface area contributed by atoms with E-state index in [2.05, 4.69) is 14.6 Å². The van der Waals surface area contributed by atoms with Crippen molar-refractivity contribution in [1.82, 2.24) is 14.6 Å². The number of thiazole rings is 1. The van der Waals surface area contributed by atoms with E-state index in [1.54, 1.807) is 29.5 Å². The largest absolute Gasteiger partial charge is 0.494 e. The molecule has 0 unspecified atom stereocenters. The van der Waals surface area contributed by atoms with Crippen LogP contribution in [0.5, 0.6) is 5.75 Å². The molecule has 26 heavy (non-hydrogen) atoms. The summed E-state index contributed by atoms with van der Waals surface area (Å²) in [5.41, 5.74) is 0. The van der Waals surface area contributed by atoms with Gasteiger partial charge in [-0.3, -0.25) is 4.79 Å². The van der Waals surface area contributed by atoms with E-state index in [0.29, 0.717) is 18.2 Å². The van der Waals surface area contributed by atoms with E-state index in [0.717, 1.165) is 41.6 Å². The summed E-state index contributed by atoms with van der Waals surface area (Å²) in [5.74, 6) is 0.996. The van der Waals surface area contributed by atoms with Gasteiger partial charge in [0.2, 0.25) is 5.91 Å². The minimum atomic E-state index is 0.0742. The highest BCUT2D eigenvalue weighted by Crippen LogP contribution is 2.32. The third-order valence-electron chi connectivity index (χ3n) is 4.11. The summed E-state index contributed by atoms with van der Waals surface area (Å²) < 4.78 is 7.83. The summed E-state index contributed by atoms with van der Waals surface area (Å²) in [6.45, 7) is 4.84. The van der Waals surface area contributed by atoms with E-state index in [9.17, 15) is 4.79 Å². The fraction of sp³-hybridized carbons (Fsp3) is 0.444. The molecule has 2 heterocycles. The maximum absolute atomic E-state index is 12.3. The number of carbonyl (C=O) groups excluding carboxylic acids is 1. The first-order valence-corrected chi connectivity index (χ1v) is 10.7. The van der Waals surface area contributed by atoms with Gasteiger partial charge in [0.15, 0.2) is 0 Å². The molecule has 1 aromatic heterocycles. The topological polar surface area (TPSA) is 54.5 Å². The molecule has 1 N–H and O–H groups in total. The molecule has 1 saturated heterocycles. The normalized spacial score (nSPS) is 15.8. The Kier molecular flexibility index (Phi) is 7.19. The van der Waals surface area contributed by atoms with E-state index in [1.165, 1.54) is 0 Å². The molecule has 1 amide bonds. The zero-order chi connectivity index (χ0) is 18.4. The Morgan fingerprint density at radius 3 is 2.92 bits per heavy atom. The highest BCUT2D eigenvalue weighted by molar-refractivity contribution is 7.97. The molecule has 0 saturated carbocycles. The predicted molar refractivity (Wildman–Crippen MR) is 107 cm³/mol. The molecular weight excluding hydrogens is 390 g/mol. The number of amides is 1. The lowest BCUT2D eigenvalue weighted by Gasteiger charge is -2.30. The molecule has 2 aromatic rings. The van der Waals surface area contributed by atoms with Gasteiger partial charge in [0.1, 0.15) is 10.8 Å². The Morgan fingerprint density at radius 1 is 1.42 bits per heavy atom. The monoisotopic (exact) mass is 411 g/mol. The van der Waals surface area contributed by atoms with Crippen LogP contribution in [0.15, 0.2) is 34.7 Å². The molecule has 1 aromatic carbocycles. The molecule has 0 aliphatic carbocycles. The Hall–Kier alpha value is -1.28. The van der Waals surface area contributed by atoms with Crippen LogP contribution in [-0.4, -0.2) is 34.9 Å². The second kappa shape index (κ2) is 9.60. The lowest BCUT2D eigenvalue weighted by molar-refractivity contribution is -0.126. The summed E-state index contributed by atoms with van der Waals surface area (Å²) in [7, 11) is 0. The summed E-state index contributed by atoms with van der Waals surface area (Å²) in [4.78, 5) is 17.6. The number of nitrogens with one attached hydrogen (secondary N) is 1. The third-order valence-corrected chi connectivity index (χ3v) is 6.18. The van der Waals surface area contributed by atoms with E-state index < -0.39 is 0 Å². The first kappa shape index (κ1) is 19.5. The Labute approximate surface area is 167 Å². The van der Waals surface area contributed by atoms with Gasteiger partial charge in [0.25, 0.3) is 0 Å². The lowest BCUT2D eigenvalue weighted by atomic mass is 9.97. The highest BCUT2D eigenvalue weighted by Gasteiger charge is 2.25. The zero-order valence-electron chi connectivity index (χ0n) is 14.6. The van der Waals surface area contributed by atoms with Gasteiger partial charge in [-0.2, -0.15) is 0 Å². The number of halogens is 1. The van der Waals surface area contributed by atoms with E-state index in [-0.39, 0.29) is 11.8 Å². The molecule has 3 rings (SSSR count). The SMILES string of the molecule is CCOc1cc(Cl)cc(SN2CCC(C(=O)NCc3nccs3)CC2)c1. The highest BCUT2D eigenvalue weighted by atomic mass is 35.5. The maximum atomic E-state index is 12.3. The smallest absolute Gasteiger partial charge is 0.223 e. The molecule has 8 heteroatoms. The number of carbonyl (C=O) groups is 1. The van der Waals surface area contributed by atoms with Crippen LogP contribution < -0.4 is 10.1 Å². The third kappa shape index (κ3) is 5.61. The van der Waals surface area contributed by atoms with Gasteiger partial charge in [0, 0.05) is 40.5 Å². The molecule has 5 nitrogen and oxygen atoms in total. The molecule has 0 bridgehead atoms. The van der Waals surface area contributed by atoms with Crippen LogP contribution in [0.1, 0.15) is 24.8 Å². The van der Waals surface area contributed by atoms with Crippen molar-refractivity contribution in [2.24, 2.45) is 5.92 Å². The fourth-order valence-electron chi connectivity index (χ4n) is 2.85. The van der Waals surface area contributed by atoms with Crippen LogP contribution in [0.4, 0.5) is 0 Å². The summed E-state index contributed by atoms with van der Waals surface area (Å²) in [5, 5.41) is 6.54. The van der Waals surface area contributed by atoms with Crippen molar-refractivity contribution in [3.05, 3.63) is 39.8 Å². The summed E-state index contributed by atoms with van der Waals surface area (Å²) in [6, 6.07) is 5.78. The van der Waals surface area contributed by atoms with Crippen LogP contribution >= 0.6 is 34.9 Å². The van der Waals surface area contributed by atoms with Crippen molar-refractivity contribution in [2.45, 2.75) is 31.2 Å². The molecule has 0 atom stereocenters. The van der Waals surface area contributed by atoms with Crippen molar-refractivity contribution >= 4 is 40.8 Å². The van der Waals surface area contributed by atoms with Gasteiger partial charge >= 0.3 is 0 Å². The van der Waals surface area contributed by atoms with Gasteiger partial charge in [0.05, 0.1) is 13.2 Å². The van der Waals surface area contributed by atoms with Crippen molar-refractivity contribution in [2.75, 3.05) is 19.7 Å². The number of nitrogens with zero attached hydrogens (tertiary/aromatic N) is 2. The van der Waals surface area contributed by atoms with Crippen LogP contribution in [-0.2, 0) is 11.3 Å². The van der Waals surface area contributed by atoms with Crippen molar-refractivity contribution < 1.29 is 9.53 Å². The van der Waals surface area contributed by atoms with Gasteiger partial charge in [-0.1, -0.05) is 11.6 Å². The van der Waals surface area contributed by atoms with Gasteiger partial charge in [-0.05, 0) is 49.9 Å². The first-order chi connectivity index (χ1) is 12.6. The molecule has 1 aliphatic rings. The predicted octanol–water partition coefficient (Wildman–Crippen LogP) is 4.23. The minimum absolute atomic E-state index is 0.0742. The summed E-state index contributed by atoms with van der Waals surface area (Å²) in [6.07, 6.45) is 3.47. The van der Waals surface area contributed by atoms with E-state index in [4.69, 9.17) is 16.3 Å². The molecule has 140 valence electrons. The van der Waals surface area contributed by atoms with E-state index in [1.807, 2.05) is 30.5 Å². The Bertz CT molecular complexity index is 719. The number of benzene rings is 1. The minimum Gasteiger partial charge on any atom is -0.494 e. The Morgan fingerprint density at radius 2 is 2.23 bits per heavy atom. The average molecular weight is 412 g/mol. The zero-order valence-corrected chi connectivity index (χ0v) is 17.0. The number of hydrogen-bond donors (Lipinski definition) is 1. The van der Waals surface area contributed by atoms with Gasteiger partial charge in [-0.25, -0.2) is 9.29 Å². The number of aromatic nitrogens is 1. The maximum Gasteiger partial charge on any atom is 0.223 e. The van der Waals surface area contributed by atoms with Crippen LogP contribution in [0.2, 0.25) is 5.02 Å². The van der Waals surface area contributed by atoms with E-state index >= 15 is 0 Å². The number of piperidine rings is 1. The van der Waals surface area contributed by atoms with Crippen molar-refractivity contribution in [1.29, 1.82) is 0 Å².